The van der Waals surface area contributed by atoms with Crippen molar-refractivity contribution >= 4 is 11.7 Å². The van der Waals surface area contributed by atoms with Crippen molar-refractivity contribution in [3.05, 3.63) is 64.8 Å². The van der Waals surface area contributed by atoms with Crippen LogP contribution in [0.15, 0.2) is 59.2 Å². The molecule has 0 aliphatic rings. The lowest BCUT2D eigenvalue weighted by Gasteiger charge is -2.08. The monoisotopic (exact) mass is 341 g/mol. The number of anilines is 1. The van der Waals surface area contributed by atoms with Crippen LogP contribution in [0.2, 0.25) is 0 Å². The van der Waals surface area contributed by atoms with Crippen LogP contribution < -0.4 is 5.32 Å². The summed E-state index contributed by atoms with van der Waals surface area (Å²) in [7, 11) is 0. The largest absolute Gasteiger partial charge is 0.478 e. The first kappa shape index (κ1) is 20.8. The molecule has 0 saturated carbocycles. The van der Waals surface area contributed by atoms with Crippen LogP contribution in [0.5, 0.6) is 0 Å². The van der Waals surface area contributed by atoms with Gasteiger partial charge in [0.15, 0.2) is 0 Å². The number of carbonyl (C=O) groups is 1. The molecule has 1 aromatic carbocycles. The molecule has 0 radical (unpaired) electrons. The van der Waals surface area contributed by atoms with E-state index in [0.717, 1.165) is 25.7 Å². The standard InChI is InChI=1S/C22H31NO2/c1-17(2)9-7-10-18(3)11-8-12-19(4)15-16-23-21-14-6-5-13-20(21)22(24)25/h5-6,9,11,13-15,23H,7-8,10,12,16H2,1-4H3,(H,24,25)/b18-11+,19-15+. The highest BCUT2D eigenvalue weighted by atomic mass is 16.4. The molecule has 0 saturated heterocycles. The highest BCUT2D eigenvalue weighted by molar-refractivity contribution is 5.94. The molecule has 3 heteroatoms. The molecule has 1 aromatic rings. The van der Waals surface area contributed by atoms with Gasteiger partial charge in [-0.3, -0.25) is 0 Å². The molecule has 0 spiro atoms. The molecule has 3 nitrogen and oxygen atoms in total. The molecule has 0 amide bonds. The molecule has 0 heterocycles. The zero-order valence-electron chi connectivity index (χ0n) is 15.9. The normalized spacial score (nSPS) is 12.0. The second-order valence-electron chi connectivity index (χ2n) is 6.69. The molecule has 2 N–H and O–H groups in total. The van der Waals surface area contributed by atoms with Crippen LogP contribution in [-0.2, 0) is 0 Å². The molecule has 1 rings (SSSR count). The number of para-hydroxylation sites is 1. The second kappa shape index (κ2) is 11.3. The van der Waals surface area contributed by atoms with Crippen molar-refractivity contribution in [2.45, 2.75) is 53.4 Å². The number of benzene rings is 1. The molecular weight excluding hydrogens is 310 g/mol. The number of nitrogens with one attached hydrogen (secondary N) is 1. The summed E-state index contributed by atoms with van der Waals surface area (Å²) in [5.74, 6) is -0.905. The first-order valence-corrected chi connectivity index (χ1v) is 8.91. The quantitative estimate of drug-likeness (QED) is 0.497. The molecule has 0 fully saturated rings. The Kier molecular flexibility index (Phi) is 9.38. The van der Waals surface area contributed by atoms with E-state index in [9.17, 15) is 4.79 Å². The third-order valence-electron chi connectivity index (χ3n) is 4.02. The maximum Gasteiger partial charge on any atom is 0.337 e. The van der Waals surface area contributed by atoms with Crippen molar-refractivity contribution in [3.8, 4) is 0 Å². The van der Waals surface area contributed by atoms with Crippen molar-refractivity contribution in [1.29, 1.82) is 0 Å². The third kappa shape index (κ3) is 8.94. The van der Waals surface area contributed by atoms with E-state index in [0.29, 0.717) is 17.8 Å². The molecule has 0 aliphatic heterocycles. The van der Waals surface area contributed by atoms with Crippen LogP contribution >= 0.6 is 0 Å². The van der Waals surface area contributed by atoms with Crippen LogP contribution in [-0.4, -0.2) is 17.6 Å². The number of allylic oxidation sites excluding steroid dienone is 5. The molecule has 0 aliphatic carbocycles. The molecule has 0 aromatic heterocycles. The highest BCUT2D eigenvalue weighted by Gasteiger charge is 2.07. The van der Waals surface area contributed by atoms with E-state index in [4.69, 9.17) is 5.11 Å². The van der Waals surface area contributed by atoms with E-state index in [1.54, 1.807) is 18.2 Å². The third-order valence-corrected chi connectivity index (χ3v) is 4.02. The van der Waals surface area contributed by atoms with Gasteiger partial charge in [0, 0.05) is 12.2 Å². The van der Waals surface area contributed by atoms with Crippen LogP contribution in [0.25, 0.3) is 0 Å². The number of hydrogen-bond acceptors (Lipinski definition) is 2. The molecular formula is C22H31NO2. The van der Waals surface area contributed by atoms with Crippen molar-refractivity contribution in [1.82, 2.24) is 0 Å². The van der Waals surface area contributed by atoms with Crippen molar-refractivity contribution in [3.63, 3.8) is 0 Å². The SMILES string of the molecule is CC(C)=CCC/C(C)=C/CC/C(C)=C/CNc1ccccc1C(=O)O. The fraction of sp³-hybridized carbons (Fsp3) is 0.409. The lowest BCUT2D eigenvalue weighted by atomic mass is 10.1. The fourth-order valence-electron chi connectivity index (χ4n) is 2.50. The van der Waals surface area contributed by atoms with Gasteiger partial charge in [0.1, 0.15) is 0 Å². The zero-order valence-corrected chi connectivity index (χ0v) is 15.9. The van der Waals surface area contributed by atoms with Gasteiger partial charge in [-0.15, -0.1) is 0 Å². The maximum absolute atomic E-state index is 11.2. The molecule has 0 bridgehead atoms. The molecule has 136 valence electrons. The lowest BCUT2D eigenvalue weighted by Crippen LogP contribution is -2.06. The van der Waals surface area contributed by atoms with Crippen molar-refractivity contribution in [2.75, 3.05) is 11.9 Å². The molecule has 25 heavy (non-hydrogen) atoms. The van der Waals surface area contributed by atoms with Crippen LogP contribution in [0.1, 0.15) is 63.7 Å². The minimum atomic E-state index is -0.905. The first-order valence-electron chi connectivity index (χ1n) is 8.91. The van der Waals surface area contributed by atoms with Gasteiger partial charge in [0.25, 0.3) is 0 Å². The Morgan fingerprint density at radius 1 is 0.960 bits per heavy atom. The molecule has 0 unspecified atom stereocenters. The van der Waals surface area contributed by atoms with E-state index in [-0.39, 0.29) is 0 Å². The Hall–Kier alpha value is -2.29. The van der Waals surface area contributed by atoms with Gasteiger partial charge in [0.05, 0.1) is 5.56 Å². The zero-order chi connectivity index (χ0) is 18.7. The minimum absolute atomic E-state index is 0.309. The Morgan fingerprint density at radius 3 is 2.20 bits per heavy atom. The average molecular weight is 341 g/mol. The number of carboxylic acids is 1. The number of carboxylic acid groups (broad SMARTS) is 1. The van der Waals surface area contributed by atoms with E-state index in [1.807, 2.05) is 6.07 Å². The number of rotatable bonds is 10. The maximum atomic E-state index is 11.2. The Labute approximate surface area is 152 Å². The van der Waals surface area contributed by atoms with Gasteiger partial charge in [-0.1, -0.05) is 47.1 Å². The Balaban J connectivity index is 2.39. The van der Waals surface area contributed by atoms with Crippen LogP contribution in [0.3, 0.4) is 0 Å². The second-order valence-corrected chi connectivity index (χ2v) is 6.69. The Bertz CT molecular complexity index is 650. The smallest absolute Gasteiger partial charge is 0.337 e. The highest BCUT2D eigenvalue weighted by Crippen LogP contribution is 2.15. The summed E-state index contributed by atoms with van der Waals surface area (Å²) in [6.07, 6.45) is 11.1. The number of hydrogen-bond donors (Lipinski definition) is 2. The van der Waals surface area contributed by atoms with Gasteiger partial charge in [-0.2, -0.15) is 0 Å². The van der Waals surface area contributed by atoms with E-state index in [2.05, 4.69) is 51.2 Å². The van der Waals surface area contributed by atoms with Gasteiger partial charge >= 0.3 is 5.97 Å². The van der Waals surface area contributed by atoms with E-state index >= 15 is 0 Å². The summed E-state index contributed by atoms with van der Waals surface area (Å²) >= 11 is 0. The van der Waals surface area contributed by atoms with Gasteiger partial charge < -0.3 is 10.4 Å². The summed E-state index contributed by atoms with van der Waals surface area (Å²) in [5.41, 5.74) is 5.11. The summed E-state index contributed by atoms with van der Waals surface area (Å²) in [4.78, 5) is 11.2. The fourth-order valence-corrected chi connectivity index (χ4v) is 2.50. The van der Waals surface area contributed by atoms with E-state index < -0.39 is 5.97 Å². The predicted molar refractivity (Wildman–Crippen MR) is 107 cm³/mol. The van der Waals surface area contributed by atoms with Crippen molar-refractivity contribution in [2.24, 2.45) is 0 Å². The number of aromatic carboxylic acids is 1. The predicted octanol–water partition coefficient (Wildman–Crippen LogP) is 6.22. The minimum Gasteiger partial charge on any atom is -0.478 e. The topological polar surface area (TPSA) is 49.3 Å². The summed E-state index contributed by atoms with van der Waals surface area (Å²) in [5, 5.41) is 12.4. The lowest BCUT2D eigenvalue weighted by molar-refractivity contribution is 0.0698. The van der Waals surface area contributed by atoms with Crippen molar-refractivity contribution < 1.29 is 9.90 Å². The summed E-state index contributed by atoms with van der Waals surface area (Å²) in [6, 6.07) is 6.99. The summed E-state index contributed by atoms with van der Waals surface area (Å²) in [6.45, 7) is 9.23. The van der Waals surface area contributed by atoms with Gasteiger partial charge in [0.2, 0.25) is 0 Å². The van der Waals surface area contributed by atoms with Crippen LogP contribution in [0.4, 0.5) is 5.69 Å². The van der Waals surface area contributed by atoms with Crippen LogP contribution in [0, 0.1) is 0 Å². The van der Waals surface area contributed by atoms with E-state index in [1.165, 1.54) is 16.7 Å². The first-order chi connectivity index (χ1) is 11.9. The average Bonchev–Trinajstić information content (AvgIpc) is 2.54. The summed E-state index contributed by atoms with van der Waals surface area (Å²) < 4.78 is 0. The Morgan fingerprint density at radius 2 is 1.56 bits per heavy atom. The van der Waals surface area contributed by atoms with Gasteiger partial charge in [-0.05, 0) is 65.5 Å². The molecule has 0 atom stereocenters. The van der Waals surface area contributed by atoms with Gasteiger partial charge in [-0.25, -0.2) is 4.79 Å².